The Morgan fingerprint density at radius 1 is 1.09 bits per heavy atom. The molecule has 1 aromatic heterocycles. The van der Waals surface area contributed by atoms with Crippen molar-refractivity contribution in [3.63, 3.8) is 0 Å². The standard InChI is InChI=1S/C27H26N2O4S/c1-5-29-25(30)24(34-27(29)28-21-11-10-17(3)18(4)14-21)16-22-12-13-23(33-22)19-8-7-9-20(15-19)26(31)32-6-2/h7-16H,5-6H2,1-4H3/b24-16+,28-27?. The highest BCUT2D eigenvalue weighted by Crippen LogP contribution is 2.35. The van der Waals surface area contributed by atoms with Crippen LogP contribution in [0.4, 0.5) is 5.69 Å². The third-order valence-corrected chi connectivity index (χ3v) is 6.48. The average Bonchev–Trinajstić information content (AvgIpc) is 3.41. The second kappa shape index (κ2) is 10.1. The van der Waals surface area contributed by atoms with Crippen LogP contribution in [0.1, 0.15) is 41.1 Å². The van der Waals surface area contributed by atoms with Crippen LogP contribution in [0.15, 0.2) is 68.9 Å². The van der Waals surface area contributed by atoms with E-state index < -0.39 is 0 Å². The molecule has 0 N–H and O–H groups in total. The third kappa shape index (κ3) is 4.99. The molecule has 0 spiro atoms. The van der Waals surface area contributed by atoms with Crippen molar-refractivity contribution in [2.75, 3.05) is 13.2 Å². The Bertz CT molecular complexity index is 1310. The number of rotatable bonds is 6. The van der Waals surface area contributed by atoms with Crippen molar-refractivity contribution < 1.29 is 18.7 Å². The van der Waals surface area contributed by atoms with E-state index in [4.69, 9.17) is 14.1 Å². The maximum absolute atomic E-state index is 13.0. The fourth-order valence-electron chi connectivity index (χ4n) is 3.50. The topological polar surface area (TPSA) is 72.1 Å². The van der Waals surface area contributed by atoms with Crippen LogP contribution in [0.25, 0.3) is 17.4 Å². The second-order valence-corrected chi connectivity index (χ2v) is 8.84. The van der Waals surface area contributed by atoms with Crippen LogP contribution < -0.4 is 0 Å². The minimum atomic E-state index is -0.374. The molecule has 0 aliphatic carbocycles. The zero-order valence-corrected chi connectivity index (χ0v) is 20.4. The van der Waals surface area contributed by atoms with Gasteiger partial charge in [0.25, 0.3) is 5.91 Å². The molecule has 0 saturated carbocycles. The van der Waals surface area contributed by atoms with Gasteiger partial charge in [0.05, 0.1) is 22.8 Å². The Balaban J connectivity index is 1.59. The normalized spacial score (nSPS) is 16.0. The summed E-state index contributed by atoms with van der Waals surface area (Å²) in [6.07, 6.45) is 1.73. The van der Waals surface area contributed by atoms with Crippen molar-refractivity contribution in [2.45, 2.75) is 27.7 Å². The SMILES string of the molecule is CCOC(=O)c1cccc(-c2ccc(/C=C3/SC(=Nc4ccc(C)c(C)c4)N(CC)C3=O)o2)c1. The van der Waals surface area contributed by atoms with Crippen molar-refractivity contribution in [2.24, 2.45) is 4.99 Å². The zero-order valence-electron chi connectivity index (χ0n) is 19.6. The number of thioether (sulfide) groups is 1. The van der Waals surface area contributed by atoms with Gasteiger partial charge in [0.1, 0.15) is 11.5 Å². The average molecular weight is 475 g/mol. The van der Waals surface area contributed by atoms with Crippen LogP contribution in [0, 0.1) is 13.8 Å². The van der Waals surface area contributed by atoms with Gasteiger partial charge in [-0.2, -0.15) is 0 Å². The molecule has 0 radical (unpaired) electrons. The number of amides is 1. The van der Waals surface area contributed by atoms with E-state index in [0.717, 1.165) is 16.8 Å². The number of esters is 1. The van der Waals surface area contributed by atoms with Gasteiger partial charge in [-0.3, -0.25) is 9.69 Å². The summed E-state index contributed by atoms with van der Waals surface area (Å²) in [5, 5.41) is 0.649. The predicted octanol–water partition coefficient (Wildman–Crippen LogP) is 6.36. The van der Waals surface area contributed by atoms with Crippen LogP contribution in [0.2, 0.25) is 0 Å². The Morgan fingerprint density at radius 2 is 1.91 bits per heavy atom. The van der Waals surface area contributed by atoms with Crippen molar-refractivity contribution in [1.82, 2.24) is 4.90 Å². The Labute approximate surface area is 203 Å². The third-order valence-electron chi connectivity index (χ3n) is 5.48. The fraction of sp³-hybridized carbons (Fsp3) is 0.222. The van der Waals surface area contributed by atoms with E-state index in [1.807, 2.05) is 50.2 Å². The highest BCUT2D eigenvalue weighted by molar-refractivity contribution is 8.18. The van der Waals surface area contributed by atoms with Gasteiger partial charge in [0.2, 0.25) is 0 Å². The number of hydrogen-bond acceptors (Lipinski definition) is 6. The van der Waals surface area contributed by atoms with Crippen molar-refractivity contribution in [3.8, 4) is 11.3 Å². The molecule has 1 fully saturated rings. The molecule has 1 amide bonds. The summed E-state index contributed by atoms with van der Waals surface area (Å²) in [7, 11) is 0. The molecule has 1 saturated heterocycles. The predicted molar refractivity (Wildman–Crippen MR) is 136 cm³/mol. The quantitative estimate of drug-likeness (QED) is 0.307. The lowest BCUT2D eigenvalue weighted by Gasteiger charge is -2.12. The lowest BCUT2D eigenvalue weighted by Crippen LogP contribution is -2.28. The lowest BCUT2D eigenvalue weighted by molar-refractivity contribution is -0.122. The molecule has 1 aliphatic heterocycles. The second-order valence-electron chi connectivity index (χ2n) is 7.83. The van der Waals surface area contributed by atoms with Gasteiger partial charge >= 0.3 is 5.97 Å². The largest absolute Gasteiger partial charge is 0.462 e. The summed E-state index contributed by atoms with van der Waals surface area (Å²) in [5.74, 6) is 0.680. The number of benzene rings is 2. The molecule has 7 heteroatoms. The van der Waals surface area contributed by atoms with Crippen LogP contribution in [0.5, 0.6) is 0 Å². The van der Waals surface area contributed by atoms with Gasteiger partial charge in [-0.15, -0.1) is 0 Å². The molecule has 2 heterocycles. The van der Waals surface area contributed by atoms with E-state index in [1.165, 1.54) is 17.3 Å². The Hall–Kier alpha value is -3.58. The summed E-state index contributed by atoms with van der Waals surface area (Å²) in [6, 6.07) is 16.7. The summed E-state index contributed by atoms with van der Waals surface area (Å²) < 4.78 is 11.0. The van der Waals surface area contributed by atoms with Crippen molar-refractivity contribution in [1.29, 1.82) is 0 Å². The molecule has 2 aromatic carbocycles. The van der Waals surface area contributed by atoms with Gasteiger partial charge in [-0.1, -0.05) is 18.2 Å². The number of ether oxygens (including phenoxy) is 1. The first-order valence-electron chi connectivity index (χ1n) is 11.1. The number of furan rings is 1. The fourth-order valence-corrected chi connectivity index (χ4v) is 4.55. The van der Waals surface area contributed by atoms with Crippen molar-refractivity contribution in [3.05, 3.63) is 82.0 Å². The molecule has 1 aliphatic rings. The maximum atomic E-state index is 13.0. The van der Waals surface area contributed by atoms with Gasteiger partial charge in [0.15, 0.2) is 5.17 Å². The van der Waals surface area contributed by atoms with E-state index >= 15 is 0 Å². The number of nitrogens with zero attached hydrogens (tertiary/aromatic N) is 2. The van der Waals surface area contributed by atoms with Crippen LogP contribution in [-0.2, 0) is 9.53 Å². The molecule has 0 unspecified atom stereocenters. The number of hydrogen-bond donors (Lipinski definition) is 0. The van der Waals surface area contributed by atoms with E-state index in [0.29, 0.717) is 40.3 Å². The minimum absolute atomic E-state index is 0.0997. The van der Waals surface area contributed by atoms with Gasteiger partial charge in [0, 0.05) is 18.2 Å². The first-order valence-corrected chi connectivity index (χ1v) is 12.0. The molecular formula is C27H26N2O4S. The molecule has 0 bridgehead atoms. The summed E-state index contributed by atoms with van der Waals surface area (Å²) in [4.78, 5) is 32.0. The van der Waals surface area contributed by atoms with E-state index in [2.05, 4.69) is 6.92 Å². The summed E-state index contributed by atoms with van der Waals surface area (Å²) in [6.45, 7) is 8.65. The number of aliphatic imine (C=N–C) groups is 1. The Morgan fingerprint density at radius 3 is 2.65 bits per heavy atom. The highest BCUT2D eigenvalue weighted by atomic mass is 32.2. The molecule has 6 nitrogen and oxygen atoms in total. The van der Waals surface area contributed by atoms with E-state index in [9.17, 15) is 9.59 Å². The van der Waals surface area contributed by atoms with Gasteiger partial charge < -0.3 is 9.15 Å². The summed E-state index contributed by atoms with van der Waals surface area (Å²) >= 11 is 1.33. The molecule has 174 valence electrons. The van der Waals surface area contributed by atoms with Crippen LogP contribution in [0.3, 0.4) is 0 Å². The summed E-state index contributed by atoms with van der Waals surface area (Å²) in [5.41, 5.74) is 4.40. The first kappa shape index (κ1) is 23.6. The highest BCUT2D eigenvalue weighted by Gasteiger charge is 2.32. The lowest BCUT2D eigenvalue weighted by atomic mass is 10.1. The monoisotopic (exact) mass is 474 g/mol. The zero-order chi connectivity index (χ0) is 24.2. The van der Waals surface area contributed by atoms with Gasteiger partial charge in [-0.05, 0) is 87.0 Å². The molecule has 4 rings (SSSR count). The van der Waals surface area contributed by atoms with Crippen LogP contribution in [-0.4, -0.2) is 35.1 Å². The van der Waals surface area contributed by atoms with E-state index in [-0.39, 0.29) is 11.9 Å². The number of likely N-dealkylation sites (N-methyl/N-ethyl adjacent to an activating group) is 1. The molecular weight excluding hydrogens is 448 g/mol. The van der Waals surface area contributed by atoms with Gasteiger partial charge in [-0.25, -0.2) is 9.79 Å². The number of aryl methyl sites for hydroxylation is 2. The molecule has 3 aromatic rings. The molecule has 0 atom stereocenters. The maximum Gasteiger partial charge on any atom is 0.338 e. The number of carbonyl (C=O) groups is 2. The van der Waals surface area contributed by atoms with Crippen molar-refractivity contribution >= 4 is 40.6 Å². The smallest absolute Gasteiger partial charge is 0.338 e. The van der Waals surface area contributed by atoms with Crippen LogP contribution >= 0.6 is 11.8 Å². The number of carbonyl (C=O) groups excluding carboxylic acids is 2. The minimum Gasteiger partial charge on any atom is -0.462 e. The van der Waals surface area contributed by atoms with E-state index in [1.54, 1.807) is 36.1 Å². The molecule has 34 heavy (non-hydrogen) atoms. The first-order chi connectivity index (χ1) is 16.4. The Kier molecular flexibility index (Phi) is 7.03. The number of amidine groups is 1.